The van der Waals surface area contributed by atoms with Crippen LogP contribution in [0.5, 0.6) is 0 Å². The fraction of sp³-hybridized carbons (Fsp3) is 0.316. The van der Waals surface area contributed by atoms with Crippen LogP contribution in [0.1, 0.15) is 28.8 Å². The predicted octanol–water partition coefficient (Wildman–Crippen LogP) is 4.25. The number of hydrogen-bond acceptors (Lipinski definition) is 5. The van der Waals surface area contributed by atoms with Gasteiger partial charge in [-0.2, -0.15) is 5.26 Å². The van der Waals surface area contributed by atoms with E-state index in [0.29, 0.717) is 5.16 Å². The first-order valence-corrected chi connectivity index (χ1v) is 10.1. The number of rotatable bonds is 3. The topological polar surface area (TPSA) is 58.7 Å². The molecule has 0 aliphatic heterocycles. The van der Waals surface area contributed by atoms with E-state index in [1.165, 1.54) is 28.6 Å². The smallest absolute Gasteiger partial charge is 0.267 e. The molecule has 4 rings (SSSR count). The van der Waals surface area contributed by atoms with Gasteiger partial charge in [-0.1, -0.05) is 23.9 Å². The molecule has 1 aliphatic carbocycles. The predicted molar refractivity (Wildman–Crippen MR) is 103 cm³/mol. The van der Waals surface area contributed by atoms with Gasteiger partial charge in [0.15, 0.2) is 5.16 Å². The van der Waals surface area contributed by atoms with E-state index in [2.05, 4.69) is 6.07 Å². The van der Waals surface area contributed by atoms with Gasteiger partial charge in [0.05, 0.1) is 22.9 Å². The van der Waals surface area contributed by atoms with Crippen LogP contribution in [0, 0.1) is 18.3 Å². The number of benzene rings is 1. The molecule has 0 N–H and O–H groups in total. The van der Waals surface area contributed by atoms with Crippen molar-refractivity contribution in [2.45, 2.75) is 37.8 Å². The second-order valence-corrected chi connectivity index (χ2v) is 8.24. The molecule has 3 aromatic rings. The van der Waals surface area contributed by atoms with Crippen LogP contribution in [0.4, 0.5) is 0 Å². The monoisotopic (exact) mass is 367 g/mol. The van der Waals surface area contributed by atoms with Gasteiger partial charge in [0.1, 0.15) is 4.83 Å². The molecular formula is C19H17N3OS2. The van der Waals surface area contributed by atoms with Crippen molar-refractivity contribution in [3.8, 4) is 11.8 Å². The maximum Gasteiger partial charge on any atom is 0.267 e. The average molecular weight is 367 g/mol. The van der Waals surface area contributed by atoms with Crippen LogP contribution in [0.3, 0.4) is 0 Å². The summed E-state index contributed by atoms with van der Waals surface area (Å²) in [4.78, 5) is 20.3. The Hall–Kier alpha value is -2.10. The highest BCUT2D eigenvalue weighted by molar-refractivity contribution is 7.99. The first-order chi connectivity index (χ1) is 12.2. The lowest BCUT2D eigenvalue weighted by molar-refractivity contribution is 0.699. The third-order valence-electron chi connectivity index (χ3n) is 4.48. The zero-order valence-electron chi connectivity index (χ0n) is 13.9. The second-order valence-electron chi connectivity index (χ2n) is 6.21. The van der Waals surface area contributed by atoms with Crippen LogP contribution in [0.15, 0.2) is 34.2 Å². The summed E-state index contributed by atoms with van der Waals surface area (Å²) in [7, 11) is 0. The van der Waals surface area contributed by atoms with E-state index in [1.807, 2.05) is 31.2 Å². The van der Waals surface area contributed by atoms with Gasteiger partial charge in [0.25, 0.3) is 5.56 Å². The molecule has 25 heavy (non-hydrogen) atoms. The summed E-state index contributed by atoms with van der Waals surface area (Å²) < 4.78 is 1.68. The van der Waals surface area contributed by atoms with Crippen LogP contribution >= 0.6 is 23.1 Å². The minimum absolute atomic E-state index is 0.00422. The molecular weight excluding hydrogens is 350 g/mol. The average Bonchev–Trinajstić information content (AvgIpc) is 2.98. The maximum atomic E-state index is 13.4. The molecule has 0 saturated carbocycles. The van der Waals surface area contributed by atoms with Gasteiger partial charge < -0.3 is 0 Å². The van der Waals surface area contributed by atoms with Gasteiger partial charge >= 0.3 is 0 Å². The number of thiophene rings is 1. The largest absolute Gasteiger partial charge is 0.268 e. The highest BCUT2D eigenvalue weighted by Crippen LogP contribution is 2.35. The lowest BCUT2D eigenvalue weighted by Crippen LogP contribution is -2.22. The molecule has 6 heteroatoms. The number of nitriles is 1. The molecule has 2 heterocycles. The van der Waals surface area contributed by atoms with Crippen molar-refractivity contribution in [2.24, 2.45) is 0 Å². The summed E-state index contributed by atoms with van der Waals surface area (Å²) in [6.45, 7) is 2.01. The van der Waals surface area contributed by atoms with E-state index >= 15 is 0 Å². The van der Waals surface area contributed by atoms with Gasteiger partial charge in [0.2, 0.25) is 0 Å². The van der Waals surface area contributed by atoms with Crippen molar-refractivity contribution in [1.29, 1.82) is 5.26 Å². The summed E-state index contributed by atoms with van der Waals surface area (Å²) in [6.07, 6.45) is 4.32. The van der Waals surface area contributed by atoms with Gasteiger partial charge in [-0.3, -0.25) is 9.36 Å². The number of fused-ring (bicyclic) bond motifs is 3. The van der Waals surface area contributed by atoms with Crippen molar-refractivity contribution >= 4 is 33.3 Å². The van der Waals surface area contributed by atoms with E-state index in [1.54, 1.807) is 15.9 Å². The first kappa shape index (κ1) is 16.4. The highest BCUT2D eigenvalue weighted by atomic mass is 32.2. The molecule has 0 bridgehead atoms. The molecule has 0 unspecified atom stereocenters. The normalized spacial score (nSPS) is 13.6. The quantitative estimate of drug-likeness (QED) is 0.513. The van der Waals surface area contributed by atoms with Gasteiger partial charge in [-0.25, -0.2) is 4.98 Å². The SMILES string of the molecule is Cc1cccc(-n2c(SCC#N)nc3sc4c(c3c2=O)CCCC4)c1. The van der Waals surface area contributed by atoms with E-state index < -0.39 is 0 Å². The standard InChI is InChI=1S/C19H17N3OS2/c1-12-5-4-6-13(11-12)22-18(23)16-14-7-2-3-8-15(14)25-17(16)21-19(22)24-10-9-20/h4-6,11H,2-3,7-8,10H2,1H3. The molecule has 1 aliphatic rings. The van der Waals surface area contributed by atoms with Crippen LogP contribution in [0.2, 0.25) is 0 Å². The number of aromatic nitrogens is 2. The number of hydrogen-bond donors (Lipinski definition) is 0. The third kappa shape index (κ3) is 2.88. The maximum absolute atomic E-state index is 13.4. The fourth-order valence-corrected chi connectivity index (χ4v) is 5.35. The number of aryl methyl sites for hydroxylation is 3. The zero-order chi connectivity index (χ0) is 17.4. The second kappa shape index (κ2) is 6.66. The molecule has 0 amide bonds. The van der Waals surface area contributed by atoms with Crippen LogP contribution in [-0.2, 0) is 12.8 Å². The lowest BCUT2D eigenvalue weighted by Gasteiger charge is -2.13. The van der Waals surface area contributed by atoms with E-state index in [-0.39, 0.29) is 11.3 Å². The Bertz CT molecular complexity index is 1060. The molecule has 2 aromatic heterocycles. The zero-order valence-corrected chi connectivity index (χ0v) is 15.5. The molecule has 4 nitrogen and oxygen atoms in total. The van der Waals surface area contributed by atoms with Gasteiger partial charge in [-0.05, 0) is 55.9 Å². The summed E-state index contributed by atoms with van der Waals surface area (Å²) in [5.74, 6) is 0.273. The Labute approximate surface area is 154 Å². The van der Waals surface area contributed by atoms with Crippen LogP contribution < -0.4 is 5.56 Å². The highest BCUT2D eigenvalue weighted by Gasteiger charge is 2.22. The molecule has 0 fully saturated rings. The molecule has 0 radical (unpaired) electrons. The minimum atomic E-state index is -0.00422. The molecule has 0 spiro atoms. The van der Waals surface area contributed by atoms with Crippen LogP contribution in [-0.4, -0.2) is 15.3 Å². The molecule has 0 atom stereocenters. The summed E-state index contributed by atoms with van der Waals surface area (Å²) in [5, 5.41) is 10.3. The fourth-order valence-electron chi connectivity index (χ4n) is 3.37. The van der Waals surface area contributed by atoms with Gasteiger partial charge in [0, 0.05) is 4.88 Å². The van der Waals surface area contributed by atoms with Crippen LogP contribution in [0.25, 0.3) is 15.9 Å². The third-order valence-corrected chi connectivity index (χ3v) is 6.48. The Morgan fingerprint density at radius 3 is 3.00 bits per heavy atom. The van der Waals surface area contributed by atoms with Crippen molar-refractivity contribution < 1.29 is 0 Å². The van der Waals surface area contributed by atoms with E-state index in [0.717, 1.165) is 40.7 Å². The Morgan fingerprint density at radius 2 is 2.20 bits per heavy atom. The van der Waals surface area contributed by atoms with Crippen molar-refractivity contribution in [3.63, 3.8) is 0 Å². The molecule has 126 valence electrons. The summed E-state index contributed by atoms with van der Waals surface area (Å²) in [5.41, 5.74) is 3.10. The van der Waals surface area contributed by atoms with Crippen molar-refractivity contribution in [2.75, 3.05) is 5.75 Å². The Balaban J connectivity index is 2.02. The van der Waals surface area contributed by atoms with Crippen molar-refractivity contribution in [1.82, 2.24) is 9.55 Å². The van der Waals surface area contributed by atoms with Gasteiger partial charge in [-0.15, -0.1) is 11.3 Å². The number of thioether (sulfide) groups is 1. The summed E-state index contributed by atoms with van der Waals surface area (Å²) >= 11 is 2.97. The Morgan fingerprint density at radius 1 is 1.36 bits per heavy atom. The minimum Gasteiger partial charge on any atom is -0.268 e. The molecule has 0 saturated heterocycles. The van der Waals surface area contributed by atoms with E-state index in [4.69, 9.17) is 10.2 Å². The van der Waals surface area contributed by atoms with E-state index in [9.17, 15) is 4.79 Å². The summed E-state index contributed by atoms with van der Waals surface area (Å²) in [6, 6.07) is 10.0. The Kier molecular flexibility index (Phi) is 4.36. The molecule has 1 aromatic carbocycles. The number of nitrogens with zero attached hydrogens (tertiary/aromatic N) is 3. The lowest BCUT2D eigenvalue weighted by atomic mass is 9.97. The first-order valence-electron chi connectivity index (χ1n) is 8.33. The van der Waals surface area contributed by atoms with Crippen molar-refractivity contribution in [3.05, 3.63) is 50.6 Å².